The molecule has 0 spiro atoms. The van der Waals surface area contributed by atoms with Crippen molar-refractivity contribution in [2.45, 2.75) is 33.2 Å². The predicted octanol–water partition coefficient (Wildman–Crippen LogP) is 3.39. The summed E-state index contributed by atoms with van der Waals surface area (Å²) in [6.07, 6.45) is -0.134. The zero-order chi connectivity index (χ0) is 14.7. The summed E-state index contributed by atoms with van der Waals surface area (Å²) in [5.41, 5.74) is 0.991. The highest BCUT2D eigenvalue weighted by Gasteiger charge is 2.45. The fraction of sp³-hybridized carbons (Fsp3) is 0.500. The second-order valence-corrected chi connectivity index (χ2v) is 5.43. The first kappa shape index (κ1) is 14.6. The lowest BCUT2D eigenvalue weighted by atomic mass is 9.85. The average molecular weight is 275 g/mol. The highest BCUT2D eigenvalue weighted by atomic mass is 16.6. The van der Waals surface area contributed by atoms with Crippen molar-refractivity contribution in [2.24, 2.45) is 11.8 Å². The van der Waals surface area contributed by atoms with Crippen molar-refractivity contribution in [3.05, 3.63) is 35.9 Å². The van der Waals surface area contributed by atoms with E-state index in [1.807, 2.05) is 30.3 Å². The summed E-state index contributed by atoms with van der Waals surface area (Å²) < 4.78 is 5.04. The van der Waals surface area contributed by atoms with E-state index in [9.17, 15) is 9.59 Å². The molecule has 4 nitrogen and oxygen atoms in total. The van der Waals surface area contributed by atoms with E-state index < -0.39 is 6.09 Å². The van der Waals surface area contributed by atoms with Crippen LogP contribution >= 0.6 is 0 Å². The van der Waals surface area contributed by atoms with Crippen molar-refractivity contribution in [1.82, 2.24) is 4.90 Å². The SMILES string of the molecule is CCOC(=O)N1C(=O)C[C@@H](C(C)C)[C@@H]1c1ccccc1. The van der Waals surface area contributed by atoms with Crippen molar-refractivity contribution < 1.29 is 14.3 Å². The average Bonchev–Trinajstić information content (AvgIpc) is 2.78. The molecule has 0 aromatic heterocycles. The molecule has 108 valence electrons. The van der Waals surface area contributed by atoms with Crippen molar-refractivity contribution in [3.8, 4) is 0 Å². The first-order chi connectivity index (χ1) is 9.56. The number of ether oxygens (including phenoxy) is 1. The highest BCUT2D eigenvalue weighted by molar-refractivity contribution is 5.94. The lowest BCUT2D eigenvalue weighted by Crippen LogP contribution is -2.36. The van der Waals surface area contributed by atoms with Gasteiger partial charge in [0, 0.05) is 6.42 Å². The Labute approximate surface area is 119 Å². The van der Waals surface area contributed by atoms with E-state index in [4.69, 9.17) is 4.74 Å². The smallest absolute Gasteiger partial charge is 0.417 e. The first-order valence-electron chi connectivity index (χ1n) is 7.10. The van der Waals surface area contributed by atoms with Gasteiger partial charge in [-0.2, -0.15) is 0 Å². The van der Waals surface area contributed by atoms with Gasteiger partial charge in [0.1, 0.15) is 0 Å². The van der Waals surface area contributed by atoms with Crippen LogP contribution in [-0.2, 0) is 9.53 Å². The number of imide groups is 1. The van der Waals surface area contributed by atoms with Crippen LogP contribution in [0, 0.1) is 11.8 Å². The van der Waals surface area contributed by atoms with Crippen LogP contribution in [0.4, 0.5) is 4.79 Å². The van der Waals surface area contributed by atoms with Crippen molar-refractivity contribution >= 4 is 12.0 Å². The third-order valence-corrected chi connectivity index (χ3v) is 3.82. The Morgan fingerprint density at radius 1 is 1.35 bits per heavy atom. The fourth-order valence-electron chi connectivity index (χ4n) is 2.81. The molecule has 2 rings (SSSR count). The topological polar surface area (TPSA) is 46.6 Å². The third-order valence-electron chi connectivity index (χ3n) is 3.82. The monoisotopic (exact) mass is 275 g/mol. The number of hydrogen-bond acceptors (Lipinski definition) is 3. The summed E-state index contributed by atoms with van der Waals surface area (Å²) >= 11 is 0. The molecule has 4 heteroatoms. The van der Waals surface area contributed by atoms with E-state index in [1.54, 1.807) is 6.92 Å². The van der Waals surface area contributed by atoms with Crippen molar-refractivity contribution in [3.63, 3.8) is 0 Å². The van der Waals surface area contributed by atoms with Gasteiger partial charge >= 0.3 is 6.09 Å². The third kappa shape index (κ3) is 2.69. The molecule has 20 heavy (non-hydrogen) atoms. The Morgan fingerprint density at radius 3 is 2.55 bits per heavy atom. The van der Waals surface area contributed by atoms with Crippen molar-refractivity contribution in [1.29, 1.82) is 0 Å². The second-order valence-electron chi connectivity index (χ2n) is 5.43. The molecule has 1 aromatic carbocycles. The van der Waals surface area contributed by atoms with Gasteiger partial charge in [0.15, 0.2) is 0 Å². The van der Waals surface area contributed by atoms with Crippen LogP contribution in [0.5, 0.6) is 0 Å². The summed E-state index contributed by atoms with van der Waals surface area (Å²) in [5, 5.41) is 0. The van der Waals surface area contributed by atoms with Crippen LogP contribution in [0.3, 0.4) is 0 Å². The molecular weight excluding hydrogens is 254 g/mol. The minimum absolute atomic E-state index is 0.134. The molecule has 2 amide bonds. The number of carbonyl (C=O) groups excluding carboxylic acids is 2. The first-order valence-corrected chi connectivity index (χ1v) is 7.10. The predicted molar refractivity (Wildman–Crippen MR) is 76.0 cm³/mol. The maximum absolute atomic E-state index is 12.2. The summed E-state index contributed by atoms with van der Waals surface area (Å²) in [4.78, 5) is 25.6. The van der Waals surface area contributed by atoms with E-state index in [2.05, 4.69) is 13.8 Å². The van der Waals surface area contributed by atoms with E-state index in [0.717, 1.165) is 5.56 Å². The van der Waals surface area contributed by atoms with Gasteiger partial charge in [-0.15, -0.1) is 0 Å². The molecule has 0 unspecified atom stereocenters. The molecule has 2 atom stereocenters. The van der Waals surface area contributed by atoms with E-state index >= 15 is 0 Å². The molecule has 1 fully saturated rings. The van der Waals surface area contributed by atoms with E-state index in [1.165, 1.54) is 4.90 Å². The van der Waals surface area contributed by atoms with Gasteiger partial charge < -0.3 is 4.74 Å². The van der Waals surface area contributed by atoms with Crippen LogP contribution in [0.1, 0.15) is 38.8 Å². The van der Waals surface area contributed by atoms with Gasteiger partial charge in [0.2, 0.25) is 5.91 Å². The molecule has 0 saturated carbocycles. The molecule has 0 bridgehead atoms. The highest BCUT2D eigenvalue weighted by Crippen LogP contribution is 2.42. The van der Waals surface area contributed by atoms with Gasteiger partial charge in [-0.25, -0.2) is 9.69 Å². The molecular formula is C16H21NO3. The molecule has 1 heterocycles. The number of rotatable bonds is 3. The normalized spacial score (nSPS) is 22.4. The lowest BCUT2D eigenvalue weighted by Gasteiger charge is -2.28. The minimum Gasteiger partial charge on any atom is -0.449 e. The van der Waals surface area contributed by atoms with Crippen LogP contribution in [0.2, 0.25) is 0 Å². The molecule has 1 aliphatic rings. The Kier molecular flexibility index (Phi) is 4.42. The van der Waals surface area contributed by atoms with Crippen LogP contribution in [-0.4, -0.2) is 23.5 Å². The van der Waals surface area contributed by atoms with Crippen molar-refractivity contribution in [2.75, 3.05) is 6.61 Å². The van der Waals surface area contributed by atoms with Gasteiger partial charge in [0.05, 0.1) is 12.6 Å². The number of carbonyl (C=O) groups is 2. The molecule has 0 aliphatic carbocycles. The van der Waals surface area contributed by atoms with Gasteiger partial charge in [-0.3, -0.25) is 4.79 Å². The standard InChI is InChI=1S/C16H21NO3/c1-4-20-16(19)17-14(18)10-13(11(2)3)15(17)12-8-6-5-7-9-12/h5-9,11,13,15H,4,10H2,1-3H3/t13-,15-/m0/s1. The quantitative estimate of drug-likeness (QED) is 0.849. The van der Waals surface area contributed by atoms with E-state index in [0.29, 0.717) is 12.3 Å². The lowest BCUT2D eigenvalue weighted by molar-refractivity contribution is -0.127. The molecule has 1 aliphatic heterocycles. The number of nitrogens with zero attached hydrogens (tertiary/aromatic N) is 1. The van der Waals surface area contributed by atoms with Crippen LogP contribution < -0.4 is 0 Å². The van der Waals surface area contributed by atoms with Crippen LogP contribution in [0.15, 0.2) is 30.3 Å². The Hall–Kier alpha value is -1.84. The summed E-state index contributed by atoms with van der Waals surface area (Å²) in [5.74, 6) is 0.314. The van der Waals surface area contributed by atoms with E-state index in [-0.39, 0.29) is 24.5 Å². The number of benzene rings is 1. The summed E-state index contributed by atoms with van der Waals surface area (Å²) in [6, 6.07) is 9.50. The zero-order valence-electron chi connectivity index (χ0n) is 12.2. The second kappa shape index (κ2) is 6.07. The Morgan fingerprint density at radius 2 is 2.00 bits per heavy atom. The molecule has 1 aromatic rings. The fourth-order valence-corrected chi connectivity index (χ4v) is 2.81. The number of likely N-dealkylation sites (tertiary alicyclic amines) is 1. The molecule has 1 saturated heterocycles. The van der Waals surface area contributed by atoms with Gasteiger partial charge in [-0.1, -0.05) is 44.2 Å². The number of hydrogen-bond donors (Lipinski definition) is 0. The van der Waals surface area contributed by atoms with Crippen LogP contribution in [0.25, 0.3) is 0 Å². The Balaban J connectivity index is 2.38. The summed E-state index contributed by atoms with van der Waals surface area (Å²) in [6.45, 7) is 6.19. The Bertz CT molecular complexity index is 484. The zero-order valence-corrected chi connectivity index (χ0v) is 12.2. The molecule has 0 N–H and O–H groups in total. The van der Waals surface area contributed by atoms with Gasteiger partial charge in [0.25, 0.3) is 0 Å². The minimum atomic E-state index is -0.533. The summed E-state index contributed by atoms with van der Waals surface area (Å²) in [7, 11) is 0. The maximum Gasteiger partial charge on any atom is 0.417 e. The molecule has 0 radical (unpaired) electrons. The maximum atomic E-state index is 12.2. The van der Waals surface area contributed by atoms with Gasteiger partial charge in [-0.05, 0) is 24.3 Å². The number of amides is 2. The largest absolute Gasteiger partial charge is 0.449 e.